The van der Waals surface area contributed by atoms with Crippen molar-refractivity contribution in [2.45, 2.75) is 37.7 Å². The average Bonchev–Trinajstić information content (AvgIpc) is 3.38. The third-order valence-electron chi connectivity index (χ3n) is 4.47. The number of methoxy groups -OCH3 is 1. The Balaban J connectivity index is 1.40. The Bertz CT molecular complexity index is 759. The standard InChI is InChI=1S/C17H20N4O4/c1-23-17-18-7-6-15(19-17)24-12-3-2-8-21(10-12)16(22)13-9-14(25-20-13)11-4-5-11/h6-7,9,11-12H,2-5,8,10H2,1H3. The molecule has 1 saturated carbocycles. The second-order valence-corrected chi connectivity index (χ2v) is 6.40. The highest BCUT2D eigenvalue weighted by atomic mass is 16.5. The highest BCUT2D eigenvalue weighted by molar-refractivity contribution is 5.92. The molecule has 4 rings (SSSR count). The first kappa shape index (κ1) is 15.9. The lowest BCUT2D eigenvalue weighted by Gasteiger charge is -2.32. The van der Waals surface area contributed by atoms with Gasteiger partial charge in [-0.25, -0.2) is 4.98 Å². The monoisotopic (exact) mass is 344 g/mol. The number of rotatable bonds is 5. The maximum absolute atomic E-state index is 12.7. The number of carbonyl (C=O) groups is 1. The highest BCUT2D eigenvalue weighted by Crippen LogP contribution is 2.40. The van der Waals surface area contributed by atoms with Crippen molar-refractivity contribution in [1.29, 1.82) is 0 Å². The quantitative estimate of drug-likeness (QED) is 0.819. The van der Waals surface area contributed by atoms with E-state index in [-0.39, 0.29) is 18.0 Å². The van der Waals surface area contributed by atoms with Crippen molar-refractivity contribution in [2.24, 2.45) is 0 Å². The van der Waals surface area contributed by atoms with Crippen LogP contribution >= 0.6 is 0 Å². The zero-order chi connectivity index (χ0) is 17.2. The lowest BCUT2D eigenvalue weighted by atomic mass is 10.1. The minimum atomic E-state index is -0.118. The normalized spacial score (nSPS) is 20.4. The van der Waals surface area contributed by atoms with Crippen LogP contribution in [-0.2, 0) is 0 Å². The molecule has 2 aliphatic rings. The van der Waals surface area contributed by atoms with Crippen molar-refractivity contribution in [3.8, 4) is 11.9 Å². The van der Waals surface area contributed by atoms with E-state index in [0.29, 0.717) is 30.6 Å². The summed E-state index contributed by atoms with van der Waals surface area (Å²) in [5.74, 6) is 1.60. The second kappa shape index (κ2) is 6.70. The second-order valence-electron chi connectivity index (χ2n) is 6.40. The molecule has 8 heteroatoms. The predicted molar refractivity (Wildman–Crippen MR) is 86.6 cm³/mol. The van der Waals surface area contributed by atoms with Gasteiger partial charge >= 0.3 is 6.01 Å². The van der Waals surface area contributed by atoms with Crippen LogP contribution in [-0.4, -0.2) is 52.2 Å². The van der Waals surface area contributed by atoms with Gasteiger partial charge in [-0.15, -0.1) is 0 Å². The van der Waals surface area contributed by atoms with Gasteiger partial charge in [-0.1, -0.05) is 5.16 Å². The number of ether oxygens (including phenoxy) is 2. The van der Waals surface area contributed by atoms with Gasteiger partial charge < -0.3 is 18.9 Å². The van der Waals surface area contributed by atoms with E-state index < -0.39 is 0 Å². The number of aromatic nitrogens is 3. The van der Waals surface area contributed by atoms with E-state index in [0.717, 1.165) is 31.4 Å². The van der Waals surface area contributed by atoms with Crippen LogP contribution in [0.3, 0.4) is 0 Å². The summed E-state index contributed by atoms with van der Waals surface area (Å²) in [5.41, 5.74) is 0.381. The summed E-state index contributed by atoms with van der Waals surface area (Å²) >= 11 is 0. The molecule has 1 aliphatic carbocycles. The van der Waals surface area contributed by atoms with Crippen LogP contribution in [0.5, 0.6) is 11.9 Å². The Morgan fingerprint density at radius 1 is 1.36 bits per heavy atom. The SMILES string of the molecule is COc1nccc(OC2CCCN(C(=O)c3cc(C4CC4)on3)C2)n1. The smallest absolute Gasteiger partial charge is 0.319 e. The first-order valence-electron chi connectivity index (χ1n) is 8.52. The maximum Gasteiger partial charge on any atom is 0.319 e. The van der Waals surface area contributed by atoms with Gasteiger partial charge in [0.25, 0.3) is 5.91 Å². The van der Waals surface area contributed by atoms with Crippen LogP contribution in [0.4, 0.5) is 0 Å². The van der Waals surface area contributed by atoms with Crippen LogP contribution in [0.2, 0.25) is 0 Å². The molecule has 0 radical (unpaired) electrons. The van der Waals surface area contributed by atoms with Crippen LogP contribution in [0.15, 0.2) is 22.9 Å². The Hall–Kier alpha value is -2.64. The van der Waals surface area contributed by atoms with Crippen molar-refractivity contribution in [3.05, 3.63) is 29.8 Å². The Kier molecular flexibility index (Phi) is 4.25. The molecular formula is C17H20N4O4. The topological polar surface area (TPSA) is 90.6 Å². The van der Waals surface area contributed by atoms with E-state index in [1.54, 1.807) is 23.2 Å². The predicted octanol–water partition coefficient (Wildman–Crippen LogP) is 2.03. The van der Waals surface area contributed by atoms with Gasteiger partial charge in [-0.2, -0.15) is 4.98 Å². The zero-order valence-corrected chi connectivity index (χ0v) is 14.1. The van der Waals surface area contributed by atoms with Gasteiger partial charge in [-0.05, 0) is 25.7 Å². The number of likely N-dealkylation sites (tertiary alicyclic amines) is 1. The Labute approximate surface area is 145 Å². The molecular weight excluding hydrogens is 324 g/mol. The van der Waals surface area contributed by atoms with Crippen molar-refractivity contribution in [2.75, 3.05) is 20.2 Å². The van der Waals surface area contributed by atoms with Crippen LogP contribution in [0.25, 0.3) is 0 Å². The number of nitrogens with zero attached hydrogens (tertiary/aromatic N) is 4. The number of hydrogen-bond acceptors (Lipinski definition) is 7. The highest BCUT2D eigenvalue weighted by Gasteiger charge is 2.31. The molecule has 25 heavy (non-hydrogen) atoms. The Morgan fingerprint density at radius 3 is 3.04 bits per heavy atom. The Morgan fingerprint density at radius 2 is 2.24 bits per heavy atom. The summed E-state index contributed by atoms with van der Waals surface area (Å²) in [6.07, 6.45) is 5.43. The van der Waals surface area contributed by atoms with Crippen molar-refractivity contribution in [3.63, 3.8) is 0 Å². The van der Waals surface area contributed by atoms with E-state index in [9.17, 15) is 4.79 Å². The molecule has 1 atom stereocenters. The zero-order valence-electron chi connectivity index (χ0n) is 14.1. The van der Waals surface area contributed by atoms with Crippen LogP contribution in [0.1, 0.15) is 47.8 Å². The van der Waals surface area contributed by atoms with Crippen molar-refractivity contribution in [1.82, 2.24) is 20.0 Å². The summed E-state index contributed by atoms with van der Waals surface area (Å²) in [6, 6.07) is 3.72. The molecule has 8 nitrogen and oxygen atoms in total. The van der Waals surface area contributed by atoms with Gasteiger partial charge in [0, 0.05) is 30.8 Å². The molecule has 2 aromatic rings. The molecule has 0 bridgehead atoms. The lowest BCUT2D eigenvalue weighted by Crippen LogP contribution is -2.44. The molecule has 2 aromatic heterocycles. The summed E-state index contributed by atoms with van der Waals surface area (Å²) in [4.78, 5) is 22.5. The van der Waals surface area contributed by atoms with Crippen molar-refractivity contribution >= 4 is 5.91 Å². The summed E-state index contributed by atoms with van der Waals surface area (Å²) in [5, 5.41) is 3.94. The van der Waals surface area contributed by atoms with Gasteiger partial charge in [0.1, 0.15) is 11.9 Å². The molecule has 0 N–H and O–H groups in total. The summed E-state index contributed by atoms with van der Waals surface area (Å²) in [7, 11) is 1.51. The van der Waals surface area contributed by atoms with E-state index in [1.807, 2.05) is 0 Å². The first-order valence-corrected chi connectivity index (χ1v) is 8.52. The third kappa shape index (κ3) is 3.57. The molecule has 1 saturated heterocycles. The molecule has 1 amide bonds. The van der Waals surface area contributed by atoms with E-state index >= 15 is 0 Å². The largest absolute Gasteiger partial charge is 0.472 e. The third-order valence-corrected chi connectivity index (χ3v) is 4.47. The molecule has 3 heterocycles. The molecule has 1 aliphatic heterocycles. The van der Waals surface area contributed by atoms with E-state index in [2.05, 4.69) is 15.1 Å². The van der Waals surface area contributed by atoms with Crippen LogP contribution in [0, 0.1) is 0 Å². The van der Waals surface area contributed by atoms with E-state index in [1.165, 1.54) is 7.11 Å². The van der Waals surface area contributed by atoms with Gasteiger partial charge in [0.05, 0.1) is 13.7 Å². The van der Waals surface area contributed by atoms with Gasteiger partial charge in [0.15, 0.2) is 5.69 Å². The minimum Gasteiger partial charge on any atom is -0.472 e. The number of carbonyl (C=O) groups excluding carboxylic acids is 1. The molecule has 0 aromatic carbocycles. The average molecular weight is 344 g/mol. The first-order chi connectivity index (χ1) is 12.2. The molecule has 132 valence electrons. The number of amides is 1. The fraction of sp³-hybridized carbons (Fsp3) is 0.529. The molecule has 2 fully saturated rings. The van der Waals surface area contributed by atoms with Crippen molar-refractivity contribution < 1.29 is 18.8 Å². The van der Waals surface area contributed by atoms with E-state index in [4.69, 9.17) is 14.0 Å². The van der Waals surface area contributed by atoms with Crippen LogP contribution < -0.4 is 9.47 Å². The minimum absolute atomic E-state index is 0.107. The lowest BCUT2D eigenvalue weighted by molar-refractivity contribution is 0.0517. The number of piperidine rings is 1. The molecule has 1 unspecified atom stereocenters. The fourth-order valence-electron chi connectivity index (χ4n) is 2.99. The molecule has 0 spiro atoms. The number of hydrogen-bond donors (Lipinski definition) is 0. The fourth-order valence-corrected chi connectivity index (χ4v) is 2.99. The summed E-state index contributed by atoms with van der Waals surface area (Å²) < 4.78 is 16.2. The van der Waals surface area contributed by atoms with Gasteiger partial charge in [-0.3, -0.25) is 4.79 Å². The summed E-state index contributed by atoms with van der Waals surface area (Å²) in [6.45, 7) is 1.19. The van der Waals surface area contributed by atoms with Gasteiger partial charge in [0.2, 0.25) is 5.88 Å². The maximum atomic E-state index is 12.7.